The monoisotopic (exact) mass is 309 g/mol. The molecule has 1 atom stereocenters. The van der Waals surface area contributed by atoms with Crippen LogP contribution in [0.5, 0.6) is 0 Å². The highest BCUT2D eigenvalue weighted by Gasteiger charge is 2.15. The van der Waals surface area contributed by atoms with E-state index in [2.05, 4.69) is 26.8 Å². The van der Waals surface area contributed by atoms with E-state index in [1.165, 1.54) is 10.4 Å². The van der Waals surface area contributed by atoms with Crippen molar-refractivity contribution in [2.75, 3.05) is 26.8 Å². The van der Waals surface area contributed by atoms with Gasteiger partial charge in [0.2, 0.25) is 0 Å². The fourth-order valence-electron chi connectivity index (χ4n) is 2.14. The predicted octanol–water partition coefficient (Wildman–Crippen LogP) is 1.43. The lowest BCUT2D eigenvalue weighted by molar-refractivity contribution is 0.199. The number of ether oxygens (including phenoxy) is 1. The molecule has 1 aromatic heterocycles. The summed E-state index contributed by atoms with van der Waals surface area (Å²) in [7, 11) is 3.46. The normalized spacial score (nSPS) is 12.5. The molecule has 0 aliphatic heterocycles. The number of rotatable bonds is 8. The molecule has 114 valence electrons. The zero-order valence-corrected chi connectivity index (χ0v) is 13.0. The molecular weight excluding hydrogens is 290 g/mol. The summed E-state index contributed by atoms with van der Waals surface area (Å²) in [4.78, 5) is 1.47. The molecule has 1 unspecified atom stereocenters. The van der Waals surface area contributed by atoms with Crippen LogP contribution >= 0.6 is 11.6 Å². The molecule has 2 aromatic rings. The summed E-state index contributed by atoms with van der Waals surface area (Å²) < 4.78 is 5.05. The lowest BCUT2D eigenvalue weighted by atomic mass is 9.95. The maximum atomic E-state index is 6.09. The highest BCUT2D eigenvalue weighted by molar-refractivity contribution is 6.30. The Morgan fingerprint density at radius 3 is 2.95 bits per heavy atom. The molecule has 21 heavy (non-hydrogen) atoms. The van der Waals surface area contributed by atoms with Crippen molar-refractivity contribution in [2.45, 2.75) is 12.3 Å². The number of benzene rings is 1. The number of hydrogen-bond acceptors (Lipinski definition) is 5. The fraction of sp³-hybridized carbons (Fsp3) is 0.500. The van der Waals surface area contributed by atoms with Gasteiger partial charge >= 0.3 is 0 Å². The van der Waals surface area contributed by atoms with Crippen molar-refractivity contribution in [2.24, 2.45) is 7.05 Å². The number of aromatic nitrogens is 4. The zero-order valence-electron chi connectivity index (χ0n) is 12.3. The zero-order chi connectivity index (χ0) is 15.1. The van der Waals surface area contributed by atoms with Gasteiger partial charge in [-0.3, -0.25) is 0 Å². The van der Waals surface area contributed by atoms with Gasteiger partial charge < -0.3 is 10.1 Å². The van der Waals surface area contributed by atoms with Crippen molar-refractivity contribution in [3.8, 4) is 0 Å². The van der Waals surface area contributed by atoms with E-state index in [9.17, 15) is 0 Å². The first-order valence-electron chi connectivity index (χ1n) is 6.87. The summed E-state index contributed by atoms with van der Waals surface area (Å²) >= 11 is 6.09. The lowest BCUT2D eigenvalue weighted by Crippen LogP contribution is -2.26. The van der Waals surface area contributed by atoms with Crippen LogP contribution in [0.1, 0.15) is 17.3 Å². The number of nitrogens with one attached hydrogen (secondary N) is 1. The van der Waals surface area contributed by atoms with E-state index in [-0.39, 0.29) is 5.92 Å². The fourth-order valence-corrected chi connectivity index (χ4v) is 2.34. The number of halogens is 1. The van der Waals surface area contributed by atoms with Crippen molar-refractivity contribution in [1.29, 1.82) is 0 Å². The molecule has 1 N–H and O–H groups in total. The maximum absolute atomic E-state index is 6.09. The van der Waals surface area contributed by atoms with Gasteiger partial charge in [-0.2, -0.15) is 4.80 Å². The Labute approximate surface area is 129 Å². The molecule has 0 aliphatic carbocycles. The Balaban J connectivity index is 2.06. The number of hydrogen-bond donors (Lipinski definition) is 1. The molecule has 6 nitrogen and oxygen atoms in total. The van der Waals surface area contributed by atoms with E-state index >= 15 is 0 Å². The van der Waals surface area contributed by atoms with Crippen LogP contribution in [0.3, 0.4) is 0 Å². The van der Waals surface area contributed by atoms with Crippen molar-refractivity contribution in [1.82, 2.24) is 25.5 Å². The number of tetrazole rings is 1. The standard InChI is InChI=1S/C14H20ClN5O/c1-20-18-14(17-19-20)9-12(10-16-6-7-21-2)11-4-3-5-13(15)8-11/h3-5,8,12,16H,6-7,9-10H2,1-2H3. The van der Waals surface area contributed by atoms with E-state index in [1.807, 2.05) is 18.2 Å². The predicted molar refractivity (Wildman–Crippen MR) is 81.4 cm³/mol. The summed E-state index contributed by atoms with van der Waals surface area (Å²) in [6.07, 6.45) is 0.716. The Bertz CT molecular complexity index is 560. The van der Waals surface area contributed by atoms with E-state index in [0.29, 0.717) is 13.0 Å². The summed E-state index contributed by atoms with van der Waals surface area (Å²) in [5, 5.41) is 16.3. The van der Waals surface area contributed by atoms with Crippen LogP contribution in [0.2, 0.25) is 5.02 Å². The average molecular weight is 310 g/mol. The van der Waals surface area contributed by atoms with Gasteiger partial charge in [-0.05, 0) is 22.9 Å². The maximum Gasteiger partial charge on any atom is 0.175 e. The third-order valence-electron chi connectivity index (χ3n) is 3.17. The van der Waals surface area contributed by atoms with Crippen molar-refractivity contribution in [3.63, 3.8) is 0 Å². The molecule has 0 radical (unpaired) electrons. The molecule has 0 amide bonds. The lowest BCUT2D eigenvalue weighted by Gasteiger charge is -2.17. The van der Waals surface area contributed by atoms with Crippen LogP contribution < -0.4 is 5.32 Å². The van der Waals surface area contributed by atoms with Gasteiger partial charge in [-0.15, -0.1) is 10.2 Å². The van der Waals surface area contributed by atoms with Crippen LogP contribution in [0.15, 0.2) is 24.3 Å². The van der Waals surface area contributed by atoms with Crippen LogP contribution in [0.25, 0.3) is 0 Å². The quantitative estimate of drug-likeness (QED) is 0.747. The van der Waals surface area contributed by atoms with E-state index in [1.54, 1.807) is 14.2 Å². The largest absolute Gasteiger partial charge is 0.383 e. The average Bonchev–Trinajstić information content (AvgIpc) is 2.87. The highest BCUT2D eigenvalue weighted by atomic mass is 35.5. The molecule has 1 heterocycles. The SMILES string of the molecule is COCCNCC(Cc1nnn(C)n1)c1cccc(Cl)c1. The number of methoxy groups -OCH3 is 1. The molecule has 0 saturated heterocycles. The first-order valence-corrected chi connectivity index (χ1v) is 7.25. The Kier molecular flexibility index (Phi) is 6.10. The summed E-state index contributed by atoms with van der Waals surface area (Å²) in [6, 6.07) is 7.90. The minimum Gasteiger partial charge on any atom is -0.383 e. The minimum atomic E-state index is 0.241. The van der Waals surface area contributed by atoms with Gasteiger partial charge in [0.15, 0.2) is 5.82 Å². The number of nitrogens with zero attached hydrogens (tertiary/aromatic N) is 4. The van der Waals surface area contributed by atoms with E-state index in [4.69, 9.17) is 16.3 Å². The topological polar surface area (TPSA) is 64.9 Å². The summed E-state index contributed by atoms with van der Waals surface area (Å²) in [5.74, 6) is 0.973. The Hall–Kier alpha value is -1.50. The van der Waals surface area contributed by atoms with Crippen LogP contribution in [0.4, 0.5) is 0 Å². The summed E-state index contributed by atoms with van der Waals surface area (Å²) in [5.41, 5.74) is 1.17. The molecule has 1 aromatic carbocycles. The van der Waals surface area contributed by atoms with E-state index < -0.39 is 0 Å². The van der Waals surface area contributed by atoms with Gasteiger partial charge in [0.25, 0.3) is 0 Å². The third kappa shape index (κ3) is 5.08. The Morgan fingerprint density at radius 2 is 2.29 bits per heavy atom. The van der Waals surface area contributed by atoms with Gasteiger partial charge in [0.05, 0.1) is 13.7 Å². The van der Waals surface area contributed by atoms with Crippen LogP contribution in [-0.2, 0) is 18.2 Å². The Morgan fingerprint density at radius 1 is 1.43 bits per heavy atom. The molecule has 7 heteroatoms. The molecule has 0 bridgehead atoms. The first-order chi connectivity index (χ1) is 10.2. The summed E-state index contributed by atoms with van der Waals surface area (Å²) in [6.45, 7) is 2.30. The smallest absolute Gasteiger partial charge is 0.175 e. The third-order valence-corrected chi connectivity index (χ3v) is 3.41. The number of aryl methyl sites for hydroxylation is 1. The van der Waals surface area contributed by atoms with Gasteiger partial charge in [0, 0.05) is 37.6 Å². The van der Waals surface area contributed by atoms with Crippen molar-refractivity contribution >= 4 is 11.6 Å². The second kappa shape index (κ2) is 8.07. The molecule has 0 saturated carbocycles. The highest BCUT2D eigenvalue weighted by Crippen LogP contribution is 2.22. The molecule has 0 fully saturated rings. The second-order valence-electron chi connectivity index (χ2n) is 4.85. The van der Waals surface area contributed by atoms with Gasteiger partial charge in [0.1, 0.15) is 0 Å². The second-order valence-corrected chi connectivity index (χ2v) is 5.28. The molecular formula is C14H20ClN5O. The minimum absolute atomic E-state index is 0.241. The first kappa shape index (κ1) is 15.9. The molecule has 0 aliphatic rings. The molecule has 0 spiro atoms. The molecule has 2 rings (SSSR count). The van der Waals surface area contributed by atoms with Crippen molar-refractivity contribution in [3.05, 3.63) is 40.7 Å². The van der Waals surface area contributed by atoms with Gasteiger partial charge in [-0.1, -0.05) is 23.7 Å². The van der Waals surface area contributed by atoms with Crippen LogP contribution in [-0.4, -0.2) is 47.0 Å². The van der Waals surface area contributed by atoms with Crippen LogP contribution in [0, 0.1) is 0 Å². The van der Waals surface area contributed by atoms with Crippen molar-refractivity contribution < 1.29 is 4.74 Å². The van der Waals surface area contributed by atoms with E-state index in [0.717, 1.165) is 23.9 Å². The van der Waals surface area contributed by atoms with Gasteiger partial charge in [-0.25, -0.2) is 0 Å².